The standard InChI is InChI=1S/C18H27NO3/c1-3-10-19(11-4-2)18(20)7-5-6-15-8-9-16-17(14-15)22-13-12-21-16/h8-9,14H,3-7,10-13H2,1-2H3. The molecule has 0 saturated carbocycles. The molecule has 22 heavy (non-hydrogen) atoms. The molecule has 0 N–H and O–H groups in total. The van der Waals surface area contributed by atoms with Gasteiger partial charge in [-0.25, -0.2) is 0 Å². The molecule has 2 rings (SSSR count). The minimum atomic E-state index is 0.279. The van der Waals surface area contributed by atoms with Gasteiger partial charge in [0, 0.05) is 19.5 Å². The Balaban J connectivity index is 1.81. The van der Waals surface area contributed by atoms with Gasteiger partial charge < -0.3 is 14.4 Å². The van der Waals surface area contributed by atoms with Crippen LogP contribution in [-0.2, 0) is 11.2 Å². The lowest BCUT2D eigenvalue weighted by Crippen LogP contribution is -2.32. The second-order valence-corrected chi connectivity index (χ2v) is 5.71. The Hall–Kier alpha value is -1.71. The number of hydrogen-bond donors (Lipinski definition) is 0. The number of fused-ring (bicyclic) bond motifs is 1. The van der Waals surface area contributed by atoms with E-state index in [-0.39, 0.29) is 5.91 Å². The normalized spacial score (nSPS) is 13.0. The number of hydrogen-bond acceptors (Lipinski definition) is 3. The van der Waals surface area contributed by atoms with Crippen molar-refractivity contribution in [2.75, 3.05) is 26.3 Å². The predicted molar refractivity (Wildman–Crippen MR) is 87.5 cm³/mol. The predicted octanol–water partition coefficient (Wildman–Crippen LogP) is 3.43. The maximum absolute atomic E-state index is 12.2. The number of benzene rings is 1. The van der Waals surface area contributed by atoms with E-state index in [1.54, 1.807) is 0 Å². The monoisotopic (exact) mass is 305 g/mol. The fraction of sp³-hybridized carbons (Fsp3) is 0.611. The number of carbonyl (C=O) groups excluding carboxylic acids is 1. The van der Waals surface area contributed by atoms with Crippen LogP contribution < -0.4 is 9.47 Å². The first-order valence-corrected chi connectivity index (χ1v) is 8.41. The van der Waals surface area contributed by atoms with Crippen molar-refractivity contribution in [1.29, 1.82) is 0 Å². The molecule has 1 aromatic carbocycles. The largest absolute Gasteiger partial charge is 0.486 e. The van der Waals surface area contributed by atoms with Crippen LogP contribution in [0.4, 0.5) is 0 Å². The molecule has 1 aliphatic heterocycles. The molecule has 0 bridgehead atoms. The number of ether oxygens (including phenoxy) is 2. The Morgan fingerprint density at radius 1 is 1.09 bits per heavy atom. The van der Waals surface area contributed by atoms with Gasteiger partial charge in [-0.15, -0.1) is 0 Å². The van der Waals surface area contributed by atoms with Crippen LogP contribution >= 0.6 is 0 Å². The molecular weight excluding hydrogens is 278 g/mol. The van der Waals surface area contributed by atoms with Crippen molar-refractivity contribution in [3.63, 3.8) is 0 Å². The van der Waals surface area contributed by atoms with Gasteiger partial charge in [0.15, 0.2) is 11.5 Å². The maximum atomic E-state index is 12.2. The van der Waals surface area contributed by atoms with E-state index in [0.29, 0.717) is 19.6 Å². The van der Waals surface area contributed by atoms with Crippen LogP contribution in [0, 0.1) is 0 Å². The van der Waals surface area contributed by atoms with Gasteiger partial charge in [-0.05, 0) is 43.4 Å². The third-order valence-corrected chi connectivity index (χ3v) is 3.80. The fourth-order valence-corrected chi connectivity index (χ4v) is 2.75. The molecule has 1 heterocycles. The highest BCUT2D eigenvalue weighted by Gasteiger charge is 2.13. The molecule has 0 fully saturated rings. The summed E-state index contributed by atoms with van der Waals surface area (Å²) in [6, 6.07) is 6.06. The average molecular weight is 305 g/mol. The van der Waals surface area contributed by atoms with E-state index in [9.17, 15) is 4.79 Å². The van der Waals surface area contributed by atoms with Gasteiger partial charge in [-0.2, -0.15) is 0 Å². The number of rotatable bonds is 8. The summed E-state index contributed by atoms with van der Waals surface area (Å²) in [6.07, 6.45) is 4.44. The fourth-order valence-electron chi connectivity index (χ4n) is 2.75. The van der Waals surface area contributed by atoms with Gasteiger partial charge in [-0.3, -0.25) is 4.79 Å². The molecule has 4 nitrogen and oxygen atoms in total. The van der Waals surface area contributed by atoms with E-state index in [0.717, 1.165) is 50.3 Å². The number of nitrogens with zero attached hydrogens (tertiary/aromatic N) is 1. The lowest BCUT2D eigenvalue weighted by Gasteiger charge is -2.21. The second-order valence-electron chi connectivity index (χ2n) is 5.71. The molecule has 1 aliphatic rings. The maximum Gasteiger partial charge on any atom is 0.222 e. The van der Waals surface area contributed by atoms with E-state index < -0.39 is 0 Å². The molecular formula is C18H27NO3. The minimum Gasteiger partial charge on any atom is -0.486 e. The van der Waals surface area contributed by atoms with Crippen LogP contribution in [0.3, 0.4) is 0 Å². The van der Waals surface area contributed by atoms with E-state index in [2.05, 4.69) is 19.9 Å². The zero-order valence-corrected chi connectivity index (χ0v) is 13.8. The summed E-state index contributed by atoms with van der Waals surface area (Å²) in [5, 5.41) is 0. The zero-order chi connectivity index (χ0) is 15.8. The molecule has 1 amide bonds. The van der Waals surface area contributed by atoms with Gasteiger partial charge in [0.25, 0.3) is 0 Å². The van der Waals surface area contributed by atoms with E-state index in [1.165, 1.54) is 5.56 Å². The van der Waals surface area contributed by atoms with Crippen molar-refractivity contribution in [2.24, 2.45) is 0 Å². The van der Waals surface area contributed by atoms with E-state index in [1.807, 2.05) is 17.0 Å². The smallest absolute Gasteiger partial charge is 0.222 e. The topological polar surface area (TPSA) is 38.8 Å². The summed E-state index contributed by atoms with van der Waals surface area (Å²) in [5.41, 5.74) is 1.20. The van der Waals surface area contributed by atoms with Crippen molar-refractivity contribution >= 4 is 5.91 Å². The molecule has 0 atom stereocenters. The number of aryl methyl sites for hydroxylation is 1. The van der Waals surface area contributed by atoms with E-state index >= 15 is 0 Å². The highest BCUT2D eigenvalue weighted by molar-refractivity contribution is 5.76. The van der Waals surface area contributed by atoms with Crippen LogP contribution in [0.15, 0.2) is 18.2 Å². The molecule has 0 unspecified atom stereocenters. The molecule has 122 valence electrons. The quantitative estimate of drug-likeness (QED) is 0.738. The Morgan fingerprint density at radius 3 is 2.45 bits per heavy atom. The minimum absolute atomic E-state index is 0.279. The Labute approximate surface area is 133 Å². The van der Waals surface area contributed by atoms with Gasteiger partial charge in [0.05, 0.1) is 0 Å². The third-order valence-electron chi connectivity index (χ3n) is 3.80. The first kappa shape index (κ1) is 16.7. The van der Waals surface area contributed by atoms with Crippen molar-refractivity contribution in [2.45, 2.75) is 46.0 Å². The summed E-state index contributed by atoms with van der Waals surface area (Å²) < 4.78 is 11.1. The highest BCUT2D eigenvalue weighted by Crippen LogP contribution is 2.31. The zero-order valence-electron chi connectivity index (χ0n) is 13.8. The molecule has 0 aliphatic carbocycles. The first-order valence-electron chi connectivity index (χ1n) is 8.41. The summed E-state index contributed by atoms with van der Waals surface area (Å²) in [4.78, 5) is 14.2. The van der Waals surface area contributed by atoms with Crippen molar-refractivity contribution in [3.8, 4) is 11.5 Å². The molecule has 0 radical (unpaired) electrons. The first-order chi connectivity index (χ1) is 10.7. The number of carbonyl (C=O) groups is 1. The Kier molecular flexibility index (Phi) is 6.56. The highest BCUT2D eigenvalue weighted by atomic mass is 16.6. The van der Waals surface area contributed by atoms with Gasteiger partial charge in [0.2, 0.25) is 5.91 Å². The lowest BCUT2D eigenvalue weighted by molar-refractivity contribution is -0.131. The summed E-state index contributed by atoms with van der Waals surface area (Å²) in [6.45, 7) is 7.20. The summed E-state index contributed by atoms with van der Waals surface area (Å²) >= 11 is 0. The molecule has 0 spiro atoms. The van der Waals surface area contributed by atoms with E-state index in [4.69, 9.17) is 9.47 Å². The van der Waals surface area contributed by atoms with Crippen LogP contribution in [0.2, 0.25) is 0 Å². The number of amides is 1. The Morgan fingerprint density at radius 2 is 1.77 bits per heavy atom. The third kappa shape index (κ3) is 4.65. The second kappa shape index (κ2) is 8.66. The van der Waals surface area contributed by atoms with Crippen LogP contribution in [0.25, 0.3) is 0 Å². The van der Waals surface area contributed by atoms with Gasteiger partial charge >= 0.3 is 0 Å². The van der Waals surface area contributed by atoms with Gasteiger partial charge in [-0.1, -0.05) is 19.9 Å². The van der Waals surface area contributed by atoms with Crippen LogP contribution in [0.5, 0.6) is 11.5 Å². The van der Waals surface area contributed by atoms with Crippen molar-refractivity contribution in [1.82, 2.24) is 4.90 Å². The molecule has 0 saturated heterocycles. The molecule has 0 aromatic heterocycles. The molecule has 4 heteroatoms. The summed E-state index contributed by atoms with van der Waals surface area (Å²) in [5.74, 6) is 1.93. The van der Waals surface area contributed by atoms with Crippen molar-refractivity contribution < 1.29 is 14.3 Å². The van der Waals surface area contributed by atoms with Crippen molar-refractivity contribution in [3.05, 3.63) is 23.8 Å². The lowest BCUT2D eigenvalue weighted by atomic mass is 10.1. The SMILES string of the molecule is CCCN(CCC)C(=O)CCCc1ccc2c(c1)OCCO2. The summed E-state index contributed by atoms with van der Waals surface area (Å²) in [7, 11) is 0. The Bertz CT molecular complexity index is 481. The van der Waals surface area contributed by atoms with Crippen LogP contribution in [0.1, 0.15) is 45.1 Å². The molecule has 1 aromatic rings. The van der Waals surface area contributed by atoms with Crippen LogP contribution in [-0.4, -0.2) is 37.1 Å². The van der Waals surface area contributed by atoms with Gasteiger partial charge in [0.1, 0.15) is 13.2 Å². The average Bonchev–Trinajstić information content (AvgIpc) is 2.54.